The van der Waals surface area contributed by atoms with Crippen molar-refractivity contribution in [3.8, 4) is 5.69 Å². The first-order valence-corrected chi connectivity index (χ1v) is 6.53. The van der Waals surface area contributed by atoms with E-state index >= 15 is 0 Å². The molecule has 21 heavy (non-hydrogen) atoms. The van der Waals surface area contributed by atoms with Crippen LogP contribution in [-0.2, 0) is 0 Å². The first kappa shape index (κ1) is 13.6. The highest BCUT2D eigenvalue weighted by molar-refractivity contribution is 6.30. The fourth-order valence-corrected chi connectivity index (χ4v) is 2.45. The SMILES string of the molecule is Cc1nc2ccc(C(=O)O)cc2n1-c1ccc(Cl)cc1F. The van der Waals surface area contributed by atoms with Crippen molar-refractivity contribution in [1.82, 2.24) is 9.55 Å². The third-order valence-electron chi connectivity index (χ3n) is 3.22. The maximum absolute atomic E-state index is 14.1. The summed E-state index contributed by atoms with van der Waals surface area (Å²) >= 11 is 5.76. The smallest absolute Gasteiger partial charge is 0.335 e. The molecule has 3 rings (SSSR count). The van der Waals surface area contributed by atoms with Crippen LogP contribution in [0, 0.1) is 12.7 Å². The Hall–Kier alpha value is -2.40. The molecule has 3 aromatic rings. The number of fused-ring (bicyclic) bond motifs is 1. The Kier molecular flexibility index (Phi) is 3.14. The highest BCUT2D eigenvalue weighted by Crippen LogP contribution is 2.25. The lowest BCUT2D eigenvalue weighted by Gasteiger charge is -2.08. The minimum Gasteiger partial charge on any atom is -0.478 e. The molecule has 0 saturated carbocycles. The normalized spacial score (nSPS) is 11.0. The number of imidazole rings is 1. The van der Waals surface area contributed by atoms with E-state index in [2.05, 4.69) is 4.98 Å². The summed E-state index contributed by atoms with van der Waals surface area (Å²) < 4.78 is 15.7. The number of hydrogen-bond donors (Lipinski definition) is 1. The number of aromatic carboxylic acids is 1. The zero-order chi connectivity index (χ0) is 15.1. The second-order valence-electron chi connectivity index (χ2n) is 4.60. The summed E-state index contributed by atoms with van der Waals surface area (Å²) in [4.78, 5) is 15.4. The van der Waals surface area contributed by atoms with Crippen LogP contribution in [0.4, 0.5) is 4.39 Å². The molecule has 0 aliphatic rings. The fourth-order valence-electron chi connectivity index (χ4n) is 2.30. The Morgan fingerprint density at radius 3 is 2.71 bits per heavy atom. The molecule has 4 nitrogen and oxygen atoms in total. The lowest BCUT2D eigenvalue weighted by atomic mass is 10.2. The van der Waals surface area contributed by atoms with Crippen molar-refractivity contribution in [3.05, 3.63) is 58.6 Å². The van der Waals surface area contributed by atoms with Gasteiger partial charge in [0.05, 0.1) is 22.3 Å². The number of carboxylic acids is 1. The van der Waals surface area contributed by atoms with Crippen LogP contribution in [0.3, 0.4) is 0 Å². The molecule has 0 aliphatic heterocycles. The molecule has 2 aromatic carbocycles. The van der Waals surface area contributed by atoms with Crippen LogP contribution in [0.5, 0.6) is 0 Å². The molecule has 6 heteroatoms. The van der Waals surface area contributed by atoms with Gasteiger partial charge in [-0.3, -0.25) is 4.57 Å². The maximum Gasteiger partial charge on any atom is 0.335 e. The minimum absolute atomic E-state index is 0.123. The van der Waals surface area contributed by atoms with E-state index in [1.54, 1.807) is 29.7 Å². The van der Waals surface area contributed by atoms with Crippen molar-refractivity contribution in [1.29, 1.82) is 0 Å². The maximum atomic E-state index is 14.1. The second kappa shape index (κ2) is 4.86. The standard InChI is InChI=1S/C15H10ClFN2O2/c1-8-18-12-4-2-9(15(20)21)6-14(12)19(8)13-5-3-10(16)7-11(13)17/h2-7H,1H3,(H,20,21). The zero-order valence-corrected chi connectivity index (χ0v) is 11.7. The number of nitrogens with zero attached hydrogens (tertiary/aromatic N) is 2. The summed E-state index contributed by atoms with van der Waals surface area (Å²) in [5.74, 6) is -0.974. The third-order valence-corrected chi connectivity index (χ3v) is 3.45. The Morgan fingerprint density at radius 2 is 2.05 bits per heavy atom. The van der Waals surface area contributed by atoms with Crippen LogP contribution >= 0.6 is 11.6 Å². The molecule has 106 valence electrons. The van der Waals surface area contributed by atoms with Crippen LogP contribution in [-0.4, -0.2) is 20.6 Å². The topological polar surface area (TPSA) is 55.1 Å². The van der Waals surface area contributed by atoms with Gasteiger partial charge in [-0.25, -0.2) is 14.2 Å². The van der Waals surface area contributed by atoms with Crippen LogP contribution in [0.2, 0.25) is 5.02 Å². The Morgan fingerprint density at radius 1 is 1.29 bits per heavy atom. The summed E-state index contributed by atoms with van der Waals surface area (Å²) in [6.45, 7) is 1.73. The molecule has 0 aliphatic carbocycles. The van der Waals surface area contributed by atoms with E-state index in [0.717, 1.165) is 0 Å². The Labute approximate surface area is 124 Å². The number of hydrogen-bond acceptors (Lipinski definition) is 2. The Bertz CT molecular complexity index is 873. The average molecular weight is 305 g/mol. The number of halogens is 2. The van der Waals surface area contributed by atoms with E-state index in [4.69, 9.17) is 16.7 Å². The van der Waals surface area contributed by atoms with Gasteiger partial charge in [0, 0.05) is 5.02 Å². The molecule has 0 spiro atoms. The van der Waals surface area contributed by atoms with E-state index in [1.807, 2.05) is 0 Å². The van der Waals surface area contributed by atoms with Gasteiger partial charge in [-0.05, 0) is 43.3 Å². The van der Waals surface area contributed by atoms with Gasteiger partial charge in [0.1, 0.15) is 11.6 Å². The largest absolute Gasteiger partial charge is 0.478 e. The number of carboxylic acid groups (broad SMARTS) is 1. The van der Waals surface area contributed by atoms with Crippen molar-refractivity contribution in [2.45, 2.75) is 6.92 Å². The lowest BCUT2D eigenvalue weighted by molar-refractivity contribution is 0.0697. The summed E-state index contributed by atoms with van der Waals surface area (Å²) in [6, 6.07) is 8.89. The molecular formula is C15H10ClFN2O2. The highest BCUT2D eigenvalue weighted by Gasteiger charge is 2.15. The Balaban J connectivity index is 2.32. The quantitative estimate of drug-likeness (QED) is 0.783. The van der Waals surface area contributed by atoms with Crippen LogP contribution in [0.15, 0.2) is 36.4 Å². The monoisotopic (exact) mass is 304 g/mol. The molecule has 0 atom stereocenters. The first-order valence-electron chi connectivity index (χ1n) is 6.15. The van der Waals surface area contributed by atoms with Gasteiger partial charge in [0.25, 0.3) is 0 Å². The van der Waals surface area contributed by atoms with Crippen molar-refractivity contribution in [2.75, 3.05) is 0 Å². The highest BCUT2D eigenvalue weighted by atomic mass is 35.5. The van der Waals surface area contributed by atoms with Crippen LogP contribution in [0.1, 0.15) is 16.2 Å². The van der Waals surface area contributed by atoms with Gasteiger partial charge >= 0.3 is 5.97 Å². The summed E-state index contributed by atoms with van der Waals surface area (Å²) in [7, 11) is 0. The third kappa shape index (κ3) is 2.25. The van der Waals surface area contributed by atoms with Gasteiger partial charge in [-0.1, -0.05) is 11.6 Å². The summed E-state index contributed by atoms with van der Waals surface area (Å²) in [5.41, 5.74) is 1.54. The number of aromatic nitrogens is 2. The van der Waals surface area contributed by atoms with E-state index in [-0.39, 0.29) is 11.3 Å². The molecule has 0 fully saturated rings. The molecule has 0 amide bonds. The number of benzene rings is 2. The zero-order valence-electron chi connectivity index (χ0n) is 11.0. The molecule has 1 N–H and O–H groups in total. The van der Waals surface area contributed by atoms with Gasteiger partial charge in [0.2, 0.25) is 0 Å². The van der Waals surface area contributed by atoms with Crippen molar-refractivity contribution in [2.24, 2.45) is 0 Å². The molecule has 1 heterocycles. The number of carbonyl (C=O) groups is 1. The van der Waals surface area contributed by atoms with Gasteiger partial charge < -0.3 is 5.11 Å². The van der Waals surface area contributed by atoms with E-state index < -0.39 is 11.8 Å². The van der Waals surface area contributed by atoms with Crippen molar-refractivity contribution >= 4 is 28.6 Å². The lowest BCUT2D eigenvalue weighted by Crippen LogP contribution is -2.01. The van der Waals surface area contributed by atoms with Gasteiger partial charge in [-0.15, -0.1) is 0 Å². The van der Waals surface area contributed by atoms with E-state index in [9.17, 15) is 9.18 Å². The molecule has 0 saturated heterocycles. The average Bonchev–Trinajstić information content (AvgIpc) is 2.74. The van der Waals surface area contributed by atoms with Crippen molar-refractivity contribution < 1.29 is 14.3 Å². The summed E-state index contributed by atoms with van der Waals surface area (Å²) in [6.07, 6.45) is 0. The summed E-state index contributed by atoms with van der Waals surface area (Å²) in [5, 5.41) is 9.38. The fraction of sp³-hybridized carbons (Fsp3) is 0.0667. The number of rotatable bonds is 2. The number of aryl methyl sites for hydroxylation is 1. The predicted octanol–water partition coefficient (Wildman–Crippen LogP) is 3.82. The van der Waals surface area contributed by atoms with Crippen molar-refractivity contribution in [3.63, 3.8) is 0 Å². The molecule has 0 radical (unpaired) electrons. The van der Waals surface area contributed by atoms with E-state index in [1.165, 1.54) is 18.2 Å². The first-order chi connectivity index (χ1) is 9.97. The molecular weight excluding hydrogens is 295 g/mol. The minimum atomic E-state index is -1.04. The molecule has 0 bridgehead atoms. The van der Waals surface area contributed by atoms with Crippen LogP contribution < -0.4 is 0 Å². The van der Waals surface area contributed by atoms with Gasteiger partial charge in [-0.2, -0.15) is 0 Å². The molecule has 1 aromatic heterocycles. The second-order valence-corrected chi connectivity index (χ2v) is 5.04. The van der Waals surface area contributed by atoms with E-state index in [0.29, 0.717) is 21.9 Å². The predicted molar refractivity (Wildman–Crippen MR) is 77.7 cm³/mol. The molecule has 0 unspecified atom stereocenters. The van der Waals surface area contributed by atoms with Gasteiger partial charge in [0.15, 0.2) is 0 Å². The van der Waals surface area contributed by atoms with Crippen LogP contribution in [0.25, 0.3) is 16.7 Å².